The van der Waals surface area contributed by atoms with E-state index in [1.54, 1.807) is 31.2 Å². The average molecular weight is 490 g/mol. The minimum Gasteiger partial charge on any atom is -0.342 e. The monoisotopic (exact) mass is 489 g/mol. The normalized spacial score (nSPS) is 11.5. The topological polar surface area (TPSA) is 104 Å². The molecular weight excluding hydrogens is 464 g/mol. The fourth-order valence-electron chi connectivity index (χ4n) is 3.37. The van der Waals surface area contributed by atoms with Crippen LogP contribution < -0.4 is 21.3 Å². The Labute approximate surface area is 207 Å². The third-order valence-electron chi connectivity index (χ3n) is 5.25. The molecule has 1 amide bonds. The number of hydrogen-bond acceptors (Lipinski definition) is 7. The molecule has 0 fully saturated rings. The lowest BCUT2D eigenvalue weighted by Crippen LogP contribution is -2.33. The van der Waals surface area contributed by atoms with Gasteiger partial charge in [-0.3, -0.25) is 4.79 Å². The fourth-order valence-corrected chi connectivity index (χ4v) is 3.37. The van der Waals surface area contributed by atoms with Gasteiger partial charge in [-0.15, -0.1) is 0 Å². The molecule has 10 heteroatoms. The summed E-state index contributed by atoms with van der Waals surface area (Å²) >= 11 is 0. The zero-order chi connectivity index (χ0) is 25.7. The maximum absolute atomic E-state index is 14.2. The third kappa shape index (κ3) is 6.09. The van der Waals surface area contributed by atoms with Gasteiger partial charge in [0, 0.05) is 5.69 Å². The summed E-state index contributed by atoms with van der Waals surface area (Å²) < 4.78 is 28.4. The maximum atomic E-state index is 14.2. The number of rotatable bonds is 8. The summed E-state index contributed by atoms with van der Waals surface area (Å²) in [4.78, 5) is 25.6. The highest BCUT2D eigenvalue weighted by Crippen LogP contribution is 2.22. The van der Waals surface area contributed by atoms with Gasteiger partial charge in [-0.1, -0.05) is 42.0 Å². The minimum absolute atomic E-state index is 0.00146. The first kappa shape index (κ1) is 24.5. The van der Waals surface area contributed by atoms with E-state index in [0.717, 1.165) is 11.1 Å². The molecule has 0 spiro atoms. The van der Waals surface area contributed by atoms with Crippen molar-refractivity contribution < 1.29 is 13.6 Å². The van der Waals surface area contributed by atoms with Crippen LogP contribution in [0.1, 0.15) is 18.1 Å². The zero-order valence-corrected chi connectivity index (χ0v) is 19.9. The van der Waals surface area contributed by atoms with Crippen LogP contribution in [0.15, 0.2) is 66.7 Å². The van der Waals surface area contributed by atoms with E-state index in [9.17, 15) is 13.6 Å². The molecule has 1 aromatic heterocycles. The molecule has 0 bridgehead atoms. The number of aromatic nitrogens is 3. The van der Waals surface area contributed by atoms with Crippen LogP contribution in [0.2, 0.25) is 0 Å². The van der Waals surface area contributed by atoms with E-state index >= 15 is 0 Å². The second-order valence-corrected chi connectivity index (χ2v) is 8.19. The van der Waals surface area contributed by atoms with Crippen molar-refractivity contribution in [3.05, 3.63) is 89.5 Å². The van der Waals surface area contributed by atoms with Crippen LogP contribution in [-0.4, -0.2) is 26.9 Å². The summed E-state index contributed by atoms with van der Waals surface area (Å²) in [6, 6.07) is 17.0. The van der Waals surface area contributed by atoms with E-state index in [-0.39, 0.29) is 35.1 Å². The first-order valence-corrected chi connectivity index (χ1v) is 11.2. The molecule has 4 aromatic rings. The van der Waals surface area contributed by atoms with Gasteiger partial charge >= 0.3 is 0 Å². The van der Waals surface area contributed by atoms with E-state index in [4.69, 9.17) is 0 Å². The van der Waals surface area contributed by atoms with Crippen molar-refractivity contribution in [2.24, 2.45) is 0 Å². The SMILES string of the molecule is Cc1ccc(NC(=O)C(C)Nc2nc(Nc3ccccc3F)nc(Nc3ccccc3F)n2)c(C)c1. The number of benzene rings is 3. The highest BCUT2D eigenvalue weighted by atomic mass is 19.1. The number of halogens is 2. The molecule has 0 aliphatic carbocycles. The van der Waals surface area contributed by atoms with Crippen molar-refractivity contribution in [2.45, 2.75) is 26.8 Å². The number of aryl methyl sites for hydroxylation is 2. The highest BCUT2D eigenvalue weighted by Gasteiger charge is 2.17. The molecule has 4 rings (SSSR count). The lowest BCUT2D eigenvalue weighted by atomic mass is 10.1. The standard InChI is InChI=1S/C26H25F2N7O/c1-15-12-13-20(16(2)14-15)30-23(36)17(3)29-24-33-25(31-21-10-6-4-8-18(21)27)35-26(34-24)32-22-11-7-5-9-19(22)28/h4-14,17H,1-3H3,(H,30,36)(H3,29,31,32,33,34,35). The summed E-state index contributed by atoms with van der Waals surface area (Å²) in [5.41, 5.74) is 3.01. The van der Waals surface area contributed by atoms with Crippen molar-refractivity contribution in [3.63, 3.8) is 0 Å². The molecule has 3 aromatic carbocycles. The average Bonchev–Trinajstić information content (AvgIpc) is 2.83. The first-order chi connectivity index (χ1) is 17.3. The van der Waals surface area contributed by atoms with Crippen LogP contribution >= 0.6 is 0 Å². The van der Waals surface area contributed by atoms with E-state index < -0.39 is 17.7 Å². The second kappa shape index (κ2) is 10.8. The molecule has 4 N–H and O–H groups in total. The molecule has 0 radical (unpaired) electrons. The summed E-state index contributed by atoms with van der Waals surface area (Å²) in [5.74, 6) is -1.29. The van der Waals surface area contributed by atoms with Crippen molar-refractivity contribution in [3.8, 4) is 0 Å². The van der Waals surface area contributed by atoms with Crippen LogP contribution in [-0.2, 0) is 4.79 Å². The summed E-state index contributed by atoms with van der Waals surface area (Å²) in [6.07, 6.45) is 0. The molecule has 0 saturated heterocycles. The van der Waals surface area contributed by atoms with Gasteiger partial charge in [0.2, 0.25) is 23.8 Å². The number of hydrogen-bond donors (Lipinski definition) is 4. The Morgan fingerprint density at radius 2 is 1.28 bits per heavy atom. The minimum atomic E-state index is -0.740. The Hall–Kier alpha value is -4.60. The van der Waals surface area contributed by atoms with Crippen LogP contribution in [0.25, 0.3) is 0 Å². The van der Waals surface area contributed by atoms with Crippen molar-refractivity contribution in [1.29, 1.82) is 0 Å². The Morgan fingerprint density at radius 1 is 0.750 bits per heavy atom. The second-order valence-electron chi connectivity index (χ2n) is 8.19. The van der Waals surface area contributed by atoms with Gasteiger partial charge in [0.05, 0.1) is 11.4 Å². The van der Waals surface area contributed by atoms with Gasteiger partial charge in [0.1, 0.15) is 17.7 Å². The molecule has 1 heterocycles. The molecule has 1 unspecified atom stereocenters. The quantitative estimate of drug-likeness (QED) is 0.252. The number of anilines is 6. The summed E-state index contributed by atoms with van der Waals surface area (Å²) in [7, 11) is 0. The van der Waals surface area contributed by atoms with Gasteiger partial charge in [-0.2, -0.15) is 15.0 Å². The van der Waals surface area contributed by atoms with Crippen molar-refractivity contribution >= 4 is 40.8 Å². The Kier molecular flexibility index (Phi) is 7.33. The molecule has 0 saturated carbocycles. The Morgan fingerprint density at radius 3 is 1.81 bits per heavy atom. The lowest BCUT2D eigenvalue weighted by molar-refractivity contribution is -0.116. The number of carbonyl (C=O) groups excluding carboxylic acids is 1. The number of para-hydroxylation sites is 2. The highest BCUT2D eigenvalue weighted by molar-refractivity contribution is 5.96. The van der Waals surface area contributed by atoms with Crippen LogP contribution in [0.3, 0.4) is 0 Å². The lowest BCUT2D eigenvalue weighted by Gasteiger charge is -2.17. The predicted molar refractivity (Wildman–Crippen MR) is 137 cm³/mol. The van der Waals surface area contributed by atoms with Gasteiger partial charge < -0.3 is 21.3 Å². The predicted octanol–water partition coefficient (Wildman–Crippen LogP) is 5.69. The smallest absolute Gasteiger partial charge is 0.246 e. The Bertz CT molecular complexity index is 1330. The van der Waals surface area contributed by atoms with E-state index in [2.05, 4.69) is 36.2 Å². The molecule has 0 aliphatic rings. The molecule has 0 aliphatic heterocycles. The number of nitrogens with zero attached hydrogens (tertiary/aromatic N) is 3. The van der Waals surface area contributed by atoms with Crippen LogP contribution in [0.5, 0.6) is 0 Å². The molecule has 184 valence electrons. The van der Waals surface area contributed by atoms with Crippen molar-refractivity contribution in [1.82, 2.24) is 15.0 Å². The molecule has 36 heavy (non-hydrogen) atoms. The largest absolute Gasteiger partial charge is 0.342 e. The first-order valence-electron chi connectivity index (χ1n) is 11.2. The Balaban J connectivity index is 1.58. The van der Waals surface area contributed by atoms with Gasteiger partial charge in [-0.05, 0) is 56.7 Å². The van der Waals surface area contributed by atoms with Gasteiger partial charge in [-0.25, -0.2) is 8.78 Å². The molecular formula is C26H25F2N7O. The van der Waals surface area contributed by atoms with E-state index in [1.807, 2.05) is 32.0 Å². The summed E-state index contributed by atoms with van der Waals surface area (Å²) in [5, 5.41) is 11.4. The number of amides is 1. The maximum Gasteiger partial charge on any atom is 0.246 e. The number of carbonyl (C=O) groups is 1. The fraction of sp³-hybridized carbons (Fsp3) is 0.154. The number of nitrogens with one attached hydrogen (secondary N) is 4. The van der Waals surface area contributed by atoms with Gasteiger partial charge in [0.25, 0.3) is 0 Å². The van der Waals surface area contributed by atoms with Crippen LogP contribution in [0, 0.1) is 25.5 Å². The van der Waals surface area contributed by atoms with E-state index in [0.29, 0.717) is 5.69 Å². The molecule has 8 nitrogen and oxygen atoms in total. The molecule has 1 atom stereocenters. The third-order valence-corrected chi connectivity index (χ3v) is 5.25. The summed E-state index contributed by atoms with van der Waals surface area (Å²) in [6.45, 7) is 5.54. The van der Waals surface area contributed by atoms with Crippen molar-refractivity contribution in [2.75, 3.05) is 21.3 Å². The van der Waals surface area contributed by atoms with E-state index in [1.165, 1.54) is 24.3 Å². The zero-order valence-electron chi connectivity index (χ0n) is 19.9. The van der Waals surface area contributed by atoms with Crippen LogP contribution in [0.4, 0.5) is 43.7 Å². The van der Waals surface area contributed by atoms with Gasteiger partial charge in [0.15, 0.2) is 0 Å².